The highest BCUT2D eigenvalue weighted by atomic mass is 16.8. The molecule has 17 nitrogen and oxygen atoms in total. The van der Waals surface area contributed by atoms with Crippen LogP contribution in [-0.2, 0) is 38.0 Å². The summed E-state index contributed by atoms with van der Waals surface area (Å²) in [6, 6.07) is -2.64. The molecule has 3 saturated heterocycles. The summed E-state index contributed by atoms with van der Waals surface area (Å²) in [7, 11) is 0. The Bertz CT molecular complexity index is 871. The fourth-order valence-corrected chi connectivity index (χ4v) is 5.04. The van der Waals surface area contributed by atoms with Gasteiger partial charge in [0.2, 0.25) is 11.8 Å². The Balaban J connectivity index is 1.94. The van der Waals surface area contributed by atoms with E-state index in [-0.39, 0.29) is 13.2 Å². The molecule has 0 aliphatic carbocycles. The van der Waals surface area contributed by atoms with E-state index in [1.165, 1.54) is 27.7 Å². The van der Waals surface area contributed by atoms with Crippen molar-refractivity contribution in [2.24, 2.45) is 5.73 Å². The van der Waals surface area contributed by atoms with Gasteiger partial charge in [0.1, 0.15) is 60.9 Å². The maximum Gasteiger partial charge on any atom is 0.217 e. The standard InChI is InChI=1S/C24H43N3O14/c1-8-15(31)18(34)13(26-10(3)29)22(37-8)40-20-14(27-11(4)30)23(39-12(7-28)17(20)33)41-21-19(35)16(32)9(2)38-24(21)36-6-5-25/h8-9,12-24,28,31-35H,5-7,25H2,1-4H3,(H,26,29)(H,27,30)/t8-,9-,12+,13-,14+,15+,16-,17+,18-,19+,20+,21+,22-,23-,24+/m0/s1. The average molecular weight is 598 g/mol. The molecule has 0 saturated carbocycles. The molecule has 10 N–H and O–H groups in total. The van der Waals surface area contributed by atoms with Gasteiger partial charge in [-0.3, -0.25) is 9.59 Å². The molecule has 0 aromatic carbocycles. The SMILES string of the molecule is CC(=O)N[C@@H]1[C@H](O[C@H]2[C@H](O)[C@@H](CO)O[C@@H](O[C@H]3[C@H](OCCN)O[C@@H](C)[C@H](O)[C@H]3O)[C@@H]2NC(C)=O)O[C@@H](C)[C@@H](O)[C@H]1O. The summed E-state index contributed by atoms with van der Waals surface area (Å²) in [5.74, 6) is -1.18. The molecule has 0 spiro atoms. The fraction of sp³-hybridized carbons (Fsp3) is 0.917. The zero-order chi connectivity index (χ0) is 30.6. The second kappa shape index (κ2) is 14.7. The van der Waals surface area contributed by atoms with E-state index in [1.54, 1.807) is 0 Å². The first-order chi connectivity index (χ1) is 19.3. The van der Waals surface area contributed by atoms with Crippen molar-refractivity contribution < 1.29 is 68.6 Å². The van der Waals surface area contributed by atoms with Crippen molar-refractivity contribution in [3.8, 4) is 0 Å². The van der Waals surface area contributed by atoms with Gasteiger partial charge in [-0.15, -0.1) is 0 Å². The number of aliphatic hydroxyl groups is 6. The summed E-state index contributed by atoms with van der Waals surface area (Å²) in [6.07, 6.45) is -17.7. The summed E-state index contributed by atoms with van der Waals surface area (Å²) in [4.78, 5) is 24.1. The third kappa shape index (κ3) is 7.88. The molecule has 3 fully saturated rings. The number of carbonyl (C=O) groups excluding carboxylic acids is 2. The summed E-state index contributed by atoms with van der Waals surface area (Å²) >= 11 is 0. The Hall–Kier alpha value is -1.58. The summed E-state index contributed by atoms with van der Waals surface area (Å²) in [5.41, 5.74) is 5.53. The molecule has 0 aromatic rings. The van der Waals surface area contributed by atoms with Crippen molar-refractivity contribution >= 4 is 11.8 Å². The van der Waals surface area contributed by atoms with Crippen molar-refractivity contribution in [2.75, 3.05) is 19.8 Å². The molecule has 3 aliphatic rings. The lowest BCUT2D eigenvalue weighted by Crippen LogP contribution is -2.70. The lowest BCUT2D eigenvalue weighted by Gasteiger charge is -2.49. The number of hydrogen-bond acceptors (Lipinski definition) is 15. The maximum atomic E-state index is 12.2. The van der Waals surface area contributed by atoms with E-state index in [2.05, 4.69) is 10.6 Å². The van der Waals surface area contributed by atoms with E-state index in [0.717, 1.165) is 0 Å². The van der Waals surface area contributed by atoms with Gasteiger partial charge >= 0.3 is 0 Å². The van der Waals surface area contributed by atoms with E-state index >= 15 is 0 Å². The molecule has 0 radical (unpaired) electrons. The number of hydrogen-bond donors (Lipinski definition) is 9. The molecule has 3 aliphatic heterocycles. The van der Waals surface area contributed by atoms with Crippen LogP contribution in [0.15, 0.2) is 0 Å². The van der Waals surface area contributed by atoms with Gasteiger partial charge in [-0.2, -0.15) is 0 Å². The van der Waals surface area contributed by atoms with E-state index < -0.39 is 110 Å². The summed E-state index contributed by atoms with van der Waals surface area (Å²) in [6.45, 7) is 4.72. The molecule has 3 rings (SSSR count). The minimum Gasteiger partial charge on any atom is -0.394 e. The van der Waals surface area contributed by atoms with E-state index in [0.29, 0.717) is 0 Å². The fourth-order valence-electron chi connectivity index (χ4n) is 5.04. The number of carbonyl (C=O) groups is 2. The number of nitrogens with two attached hydrogens (primary N) is 1. The molecule has 0 unspecified atom stereocenters. The number of amides is 2. The van der Waals surface area contributed by atoms with Crippen LogP contribution in [0.4, 0.5) is 0 Å². The average Bonchev–Trinajstić information content (AvgIpc) is 2.91. The number of nitrogens with one attached hydrogen (secondary N) is 2. The zero-order valence-electron chi connectivity index (χ0n) is 23.3. The van der Waals surface area contributed by atoms with E-state index in [1.807, 2.05) is 0 Å². The van der Waals surface area contributed by atoms with Crippen LogP contribution < -0.4 is 16.4 Å². The number of ether oxygens (including phenoxy) is 6. The van der Waals surface area contributed by atoms with Gasteiger partial charge in [-0.25, -0.2) is 0 Å². The predicted molar refractivity (Wildman–Crippen MR) is 134 cm³/mol. The highest BCUT2D eigenvalue weighted by Crippen LogP contribution is 2.33. The van der Waals surface area contributed by atoms with Crippen molar-refractivity contribution in [3.63, 3.8) is 0 Å². The van der Waals surface area contributed by atoms with Crippen molar-refractivity contribution in [1.82, 2.24) is 10.6 Å². The third-order valence-electron chi connectivity index (χ3n) is 7.20. The van der Waals surface area contributed by atoms with Gasteiger partial charge in [0.25, 0.3) is 0 Å². The molecule has 0 aromatic heterocycles. The second-order valence-corrected chi connectivity index (χ2v) is 10.4. The minimum atomic E-state index is -1.61. The Morgan fingerprint density at radius 3 is 1.80 bits per heavy atom. The topological polar surface area (TPSA) is 261 Å². The minimum absolute atomic E-state index is 0.0142. The van der Waals surface area contributed by atoms with Crippen molar-refractivity contribution in [1.29, 1.82) is 0 Å². The smallest absolute Gasteiger partial charge is 0.217 e. The number of rotatable bonds is 10. The van der Waals surface area contributed by atoms with Crippen molar-refractivity contribution in [3.05, 3.63) is 0 Å². The van der Waals surface area contributed by atoms with Crippen LogP contribution in [0.2, 0.25) is 0 Å². The summed E-state index contributed by atoms with van der Waals surface area (Å²) in [5, 5.41) is 68.3. The van der Waals surface area contributed by atoms with E-state index in [9.17, 15) is 40.2 Å². The second-order valence-electron chi connectivity index (χ2n) is 10.4. The molecular weight excluding hydrogens is 554 g/mol. The predicted octanol–water partition coefficient (Wildman–Crippen LogP) is -5.25. The van der Waals surface area contributed by atoms with Crippen LogP contribution in [0, 0.1) is 0 Å². The van der Waals surface area contributed by atoms with Crippen LogP contribution in [0.25, 0.3) is 0 Å². The largest absolute Gasteiger partial charge is 0.394 e. The molecule has 3 heterocycles. The quantitative estimate of drug-likeness (QED) is 0.114. The van der Waals surface area contributed by atoms with Gasteiger partial charge < -0.3 is 75.4 Å². The van der Waals surface area contributed by atoms with E-state index in [4.69, 9.17) is 34.2 Å². The highest BCUT2D eigenvalue weighted by Gasteiger charge is 2.54. The molecule has 238 valence electrons. The molecule has 17 heteroatoms. The Morgan fingerprint density at radius 1 is 0.732 bits per heavy atom. The first-order valence-corrected chi connectivity index (χ1v) is 13.4. The molecular formula is C24H43N3O14. The zero-order valence-corrected chi connectivity index (χ0v) is 23.3. The summed E-state index contributed by atoms with van der Waals surface area (Å²) < 4.78 is 34.7. The van der Waals surface area contributed by atoms with Gasteiger partial charge in [-0.05, 0) is 13.8 Å². The number of aliphatic hydroxyl groups excluding tert-OH is 6. The highest BCUT2D eigenvalue weighted by molar-refractivity contribution is 5.73. The van der Waals surface area contributed by atoms with Crippen LogP contribution in [-0.4, -0.2) is 154 Å². The van der Waals surface area contributed by atoms with Gasteiger partial charge in [-0.1, -0.05) is 0 Å². The molecule has 2 amide bonds. The van der Waals surface area contributed by atoms with Gasteiger partial charge in [0.05, 0.1) is 25.4 Å². The first-order valence-electron chi connectivity index (χ1n) is 13.4. The Kier molecular flexibility index (Phi) is 12.2. The van der Waals surface area contributed by atoms with Crippen molar-refractivity contribution in [2.45, 2.75) is 120 Å². The van der Waals surface area contributed by atoms with Crippen LogP contribution in [0.1, 0.15) is 27.7 Å². The lowest BCUT2D eigenvalue weighted by atomic mass is 9.94. The first kappa shape index (κ1) is 33.9. The molecule has 41 heavy (non-hydrogen) atoms. The van der Waals surface area contributed by atoms with Crippen LogP contribution >= 0.6 is 0 Å². The van der Waals surface area contributed by atoms with Crippen LogP contribution in [0.5, 0.6) is 0 Å². The maximum absolute atomic E-state index is 12.2. The normalized spacial score (nSPS) is 45.2. The molecule has 15 atom stereocenters. The molecule has 0 bridgehead atoms. The van der Waals surface area contributed by atoms with Crippen LogP contribution in [0.3, 0.4) is 0 Å². The Morgan fingerprint density at radius 2 is 1.24 bits per heavy atom. The lowest BCUT2D eigenvalue weighted by molar-refractivity contribution is -0.363. The van der Waals surface area contributed by atoms with Gasteiger partial charge in [0, 0.05) is 20.4 Å². The van der Waals surface area contributed by atoms with Gasteiger partial charge in [0.15, 0.2) is 18.9 Å². The third-order valence-corrected chi connectivity index (χ3v) is 7.20. The monoisotopic (exact) mass is 597 g/mol. The Labute approximate surface area is 236 Å².